The summed E-state index contributed by atoms with van der Waals surface area (Å²) in [6.07, 6.45) is 0. The molecule has 1 atom stereocenters. The summed E-state index contributed by atoms with van der Waals surface area (Å²) in [5.74, 6) is 0. The molecule has 0 spiro atoms. The molecule has 90 valence electrons. The molecule has 1 rings (SSSR count). The fourth-order valence-electron chi connectivity index (χ4n) is 0.887. The van der Waals surface area contributed by atoms with E-state index in [1.807, 2.05) is 0 Å². The third kappa shape index (κ3) is 3.20. The normalized spacial score (nSPS) is 13.7. The van der Waals surface area contributed by atoms with Crippen LogP contribution in [0.25, 0.3) is 0 Å². The van der Waals surface area contributed by atoms with Crippen LogP contribution in [0.5, 0.6) is 0 Å². The number of hydrogen-bond acceptors (Lipinski definition) is 5. The van der Waals surface area contributed by atoms with Crippen molar-refractivity contribution in [1.29, 1.82) is 0 Å². The third-order valence-electron chi connectivity index (χ3n) is 1.51. The van der Waals surface area contributed by atoms with Crippen LogP contribution in [0.2, 0.25) is 10.0 Å². The van der Waals surface area contributed by atoms with Gasteiger partial charge in [0.25, 0.3) is 0 Å². The number of hydrogen-bond donors (Lipinski definition) is 0. The second-order valence-corrected chi connectivity index (χ2v) is 6.25. The average Bonchev–Trinajstić information content (AvgIpc) is 2.16. The standard InChI is InChI=1S/C7H7Cl2O5PS/c1-13-15(10)14-16(11,12)7-5(8)3-2-4-6(7)9/h2-4,15H,1H3. The highest BCUT2D eigenvalue weighted by Crippen LogP contribution is 2.35. The quantitative estimate of drug-likeness (QED) is 0.800. The molecule has 0 radical (unpaired) electrons. The van der Waals surface area contributed by atoms with Gasteiger partial charge in [-0.15, -0.1) is 0 Å². The van der Waals surface area contributed by atoms with E-state index in [0.717, 1.165) is 7.11 Å². The highest BCUT2D eigenvalue weighted by molar-refractivity contribution is 7.90. The van der Waals surface area contributed by atoms with E-state index < -0.39 is 23.3 Å². The van der Waals surface area contributed by atoms with E-state index in [4.69, 9.17) is 23.2 Å². The van der Waals surface area contributed by atoms with Crippen molar-refractivity contribution >= 4 is 41.6 Å². The van der Waals surface area contributed by atoms with E-state index in [1.165, 1.54) is 18.2 Å². The first-order valence-corrected chi connectivity index (χ1v) is 7.24. The number of benzene rings is 1. The molecule has 0 fully saturated rings. The van der Waals surface area contributed by atoms with E-state index in [9.17, 15) is 13.0 Å². The molecule has 0 heterocycles. The van der Waals surface area contributed by atoms with E-state index in [1.54, 1.807) is 0 Å². The molecule has 0 aromatic heterocycles. The molecule has 0 aliphatic carbocycles. The van der Waals surface area contributed by atoms with Crippen molar-refractivity contribution < 1.29 is 21.5 Å². The zero-order chi connectivity index (χ0) is 12.3. The lowest BCUT2D eigenvalue weighted by Gasteiger charge is -2.07. The molecule has 9 heteroatoms. The molecule has 0 N–H and O–H groups in total. The minimum atomic E-state index is -4.29. The maximum absolute atomic E-state index is 11.6. The topological polar surface area (TPSA) is 69.7 Å². The van der Waals surface area contributed by atoms with Crippen LogP contribution in [0.3, 0.4) is 0 Å². The van der Waals surface area contributed by atoms with Crippen molar-refractivity contribution in [2.75, 3.05) is 7.11 Å². The van der Waals surface area contributed by atoms with Crippen LogP contribution in [0.4, 0.5) is 0 Å². The van der Waals surface area contributed by atoms with E-state index in [2.05, 4.69) is 8.49 Å². The third-order valence-corrected chi connectivity index (χ3v) is 5.06. The predicted octanol–water partition coefficient (Wildman–Crippen LogP) is 2.73. The summed E-state index contributed by atoms with van der Waals surface area (Å²) in [5.41, 5.74) is 0. The highest BCUT2D eigenvalue weighted by atomic mass is 35.5. The van der Waals surface area contributed by atoms with Gasteiger partial charge < -0.3 is 4.52 Å². The fraction of sp³-hybridized carbons (Fsp3) is 0.143. The zero-order valence-electron chi connectivity index (χ0n) is 7.94. The van der Waals surface area contributed by atoms with Gasteiger partial charge in [-0.1, -0.05) is 29.3 Å². The second kappa shape index (κ2) is 5.49. The lowest BCUT2D eigenvalue weighted by atomic mass is 10.4. The Labute approximate surface area is 103 Å². The molecule has 0 saturated heterocycles. The zero-order valence-corrected chi connectivity index (χ0v) is 11.3. The summed E-state index contributed by atoms with van der Waals surface area (Å²) < 4.78 is 42.6. The van der Waals surface area contributed by atoms with Crippen molar-refractivity contribution in [2.45, 2.75) is 4.90 Å². The second-order valence-electron chi connectivity index (χ2n) is 2.54. The Hall–Kier alpha value is -0.100. The van der Waals surface area contributed by atoms with Crippen LogP contribution in [-0.4, -0.2) is 15.5 Å². The van der Waals surface area contributed by atoms with E-state index >= 15 is 0 Å². The first-order chi connectivity index (χ1) is 7.38. The van der Waals surface area contributed by atoms with Gasteiger partial charge in [0.2, 0.25) is 0 Å². The van der Waals surface area contributed by atoms with Crippen molar-refractivity contribution in [3.05, 3.63) is 28.2 Å². The largest absolute Gasteiger partial charge is 0.333 e. The monoisotopic (exact) mass is 304 g/mol. The molecule has 0 saturated carbocycles. The van der Waals surface area contributed by atoms with Crippen molar-refractivity contribution in [3.8, 4) is 0 Å². The van der Waals surface area contributed by atoms with Crippen LogP contribution < -0.4 is 0 Å². The molecule has 1 unspecified atom stereocenters. The van der Waals surface area contributed by atoms with Gasteiger partial charge in [0.05, 0.1) is 10.0 Å². The van der Waals surface area contributed by atoms with Gasteiger partial charge in [0.15, 0.2) is 0 Å². The molecular weight excluding hydrogens is 298 g/mol. The first kappa shape index (κ1) is 14.0. The molecular formula is C7H7Cl2O5PS. The van der Waals surface area contributed by atoms with Crippen LogP contribution >= 0.6 is 31.5 Å². The minimum absolute atomic E-state index is 0.113. The fourth-order valence-corrected chi connectivity index (χ4v) is 3.79. The van der Waals surface area contributed by atoms with Crippen LogP contribution in [0.15, 0.2) is 23.1 Å². The number of rotatable bonds is 4. The van der Waals surface area contributed by atoms with Gasteiger partial charge >= 0.3 is 18.4 Å². The van der Waals surface area contributed by atoms with E-state index in [-0.39, 0.29) is 10.0 Å². The summed E-state index contributed by atoms with van der Waals surface area (Å²) in [6.45, 7) is 0. The van der Waals surface area contributed by atoms with Crippen LogP contribution in [0.1, 0.15) is 0 Å². The maximum atomic E-state index is 11.6. The summed E-state index contributed by atoms with van der Waals surface area (Å²) in [6, 6.07) is 4.13. The van der Waals surface area contributed by atoms with E-state index in [0.29, 0.717) is 0 Å². The highest BCUT2D eigenvalue weighted by Gasteiger charge is 2.24. The molecule has 5 nitrogen and oxygen atoms in total. The van der Waals surface area contributed by atoms with Gasteiger partial charge in [0.1, 0.15) is 4.90 Å². The van der Waals surface area contributed by atoms with Crippen molar-refractivity contribution in [2.24, 2.45) is 0 Å². The van der Waals surface area contributed by atoms with Crippen molar-refractivity contribution in [3.63, 3.8) is 0 Å². The molecule has 0 aliphatic heterocycles. The lowest BCUT2D eigenvalue weighted by Crippen LogP contribution is -2.03. The maximum Gasteiger partial charge on any atom is 0.333 e. The SMILES string of the molecule is CO[PH](=O)OS(=O)(=O)c1c(Cl)cccc1Cl. The summed E-state index contributed by atoms with van der Waals surface area (Å²) in [5, 5.41) is -0.225. The Morgan fingerprint density at radius 1 is 1.25 bits per heavy atom. The van der Waals surface area contributed by atoms with Crippen LogP contribution in [-0.2, 0) is 23.2 Å². The summed E-state index contributed by atoms with van der Waals surface area (Å²) in [7, 11) is -6.35. The lowest BCUT2D eigenvalue weighted by molar-refractivity contribution is 0.348. The summed E-state index contributed by atoms with van der Waals surface area (Å²) in [4.78, 5) is -0.422. The Kier molecular flexibility index (Phi) is 4.79. The minimum Gasteiger partial charge on any atom is -0.313 e. The van der Waals surface area contributed by atoms with Gasteiger partial charge in [-0.25, -0.2) is 0 Å². The Morgan fingerprint density at radius 2 is 1.75 bits per heavy atom. The smallest absolute Gasteiger partial charge is 0.313 e. The molecule has 0 bridgehead atoms. The Balaban J connectivity index is 3.23. The van der Waals surface area contributed by atoms with Gasteiger partial charge in [0, 0.05) is 7.11 Å². The van der Waals surface area contributed by atoms with Gasteiger partial charge in [-0.05, 0) is 12.1 Å². The molecule has 16 heavy (non-hydrogen) atoms. The summed E-state index contributed by atoms with van der Waals surface area (Å²) >= 11 is 11.3. The Bertz CT molecular complexity index is 495. The molecule has 0 amide bonds. The predicted molar refractivity (Wildman–Crippen MR) is 60.7 cm³/mol. The first-order valence-electron chi connectivity index (χ1n) is 3.85. The molecule has 1 aromatic rings. The molecule has 1 aromatic carbocycles. The van der Waals surface area contributed by atoms with Gasteiger partial charge in [-0.3, -0.25) is 4.57 Å². The van der Waals surface area contributed by atoms with Crippen LogP contribution in [0, 0.1) is 0 Å². The van der Waals surface area contributed by atoms with Gasteiger partial charge in [-0.2, -0.15) is 12.4 Å². The number of halogens is 2. The average molecular weight is 305 g/mol. The van der Waals surface area contributed by atoms with Crippen molar-refractivity contribution in [1.82, 2.24) is 0 Å². The Morgan fingerprint density at radius 3 is 2.19 bits per heavy atom. The molecule has 0 aliphatic rings.